The van der Waals surface area contributed by atoms with E-state index in [2.05, 4.69) is 16.6 Å². The van der Waals surface area contributed by atoms with E-state index in [9.17, 15) is 9.59 Å². The Morgan fingerprint density at radius 2 is 2.06 bits per heavy atom. The highest BCUT2D eigenvalue weighted by Crippen LogP contribution is 2.12. The first-order chi connectivity index (χ1) is 7.29. The molecule has 0 heterocycles. The summed E-state index contributed by atoms with van der Waals surface area (Å²) in [5.74, 6) is 1.47. The van der Waals surface area contributed by atoms with Crippen LogP contribution in [-0.4, -0.2) is 29.7 Å². The summed E-state index contributed by atoms with van der Waals surface area (Å²) in [4.78, 5) is 22.1. The van der Waals surface area contributed by atoms with Gasteiger partial charge in [-0.15, -0.1) is 12.3 Å². The van der Waals surface area contributed by atoms with Crippen molar-refractivity contribution in [3.63, 3.8) is 0 Å². The van der Waals surface area contributed by atoms with Gasteiger partial charge in [0.25, 0.3) is 0 Å². The van der Waals surface area contributed by atoms with Gasteiger partial charge in [0, 0.05) is 19.0 Å². The number of carboxylic acids is 1. The van der Waals surface area contributed by atoms with E-state index in [0.717, 1.165) is 0 Å². The Bertz CT molecular complexity index is 305. The first-order valence-corrected chi connectivity index (χ1v) is 5.01. The van der Waals surface area contributed by atoms with Gasteiger partial charge in [-0.25, -0.2) is 4.79 Å². The Balaban J connectivity index is 4.00. The van der Waals surface area contributed by atoms with E-state index >= 15 is 0 Å². The molecule has 0 saturated carbocycles. The lowest BCUT2D eigenvalue weighted by Crippen LogP contribution is -2.45. The van der Waals surface area contributed by atoms with Crippen LogP contribution >= 0.6 is 0 Å². The molecule has 0 aliphatic rings. The lowest BCUT2D eigenvalue weighted by molar-refractivity contribution is -0.146. The Labute approximate surface area is 95.6 Å². The smallest absolute Gasteiger partial charge is 0.315 e. The number of aliphatic carboxylic acids is 1. The lowest BCUT2D eigenvalue weighted by atomic mass is 9.94. The van der Waals surface area contributed by atoms with Gasteiger partial charge in [-0.2, -0.15) is 0 Å². The number of urea groups is 1. The molecule has 0 spiro atoms. The third-order valence-corrected chi connectivity index (χ3v) is 2.07. The van der Waals surface area contributed by atoms with Gasteiger partial charge in [0.05, 0.1) is 5.41 Å². The molecule has 0 aliphatic carbocycles. The van der Waals surface area contributed by atoms with Crippen molar-refractivity contribution >= 4 is 12.0 Å². The van der Waals surface area contributed by atoms with E-state index < -0.39 is 17.4 Å². The normalized spacial score (nSPS) is 12.4. The molecule has 0 radical (unpaired) electrons. The summed E-state index contributed by atoms with van der Waals surface area (Å²) >= 11 is 0. The number of carbonyl (C=O) groups is 2. The first kappa shape index (κ1) is 14.3. The zero-order chi connectivity index (χ0) is 12.8. The third kappa shape index (κ3) is 5.25. The summed E-state index contributed by atoms with van der Waals surface area (Å²) in [5.41, 5.74) is -0.979. The molecule has 0 aliphatic heterocycles. The summed E-state index contributed by atoms with van der Waals surface area (Å²) in [6.45, 7) is 4.93. The molecule has 3 N–H and O–H groups in total. The van der Waals surface area contributed by atoms with E-state index in [1.54, 1.807) is 20.8 Å². The summed E-state index contributed by atoms with van der Waals surface area (Å²) in [5, 5.41) is 13.9. The molecule has 5 heteroatoms. The highest BCUT2D eigenvalue weighted by molar-refractivity contribution is 5.77. The molecule has 90 valence electrons. The maximum atomic E-state index is 11.3. The Morgan fingerprint density at radius 1 is 1.50 bits per heavy atom. The van der Waals surface area contributed by atoms with Gasteiger partial charge in [-0.1, -0.05) is 0 Å². The van der Waals surface area contributed by atoms with Gasteiger partial charge in [0.15, 0.2) is 0 Å². The quantitative estimate of drug-likeness (QED) is 0.607. The second kappa shape index (κ2) is 6.01. The number of carboxylic acid groups (broad SMARTS) is 1. The Kier molecular flexibility index (Phi) is 5.37. The summed E-state index contributed by atoms with van der Waals surface area (Å²) < 4.78 is 0. The monoisotopic (exact) mass is 226 g/mol. The topological polar surface area (TPSA) is 78.4 Å². The number of terminal acetylenes is 1. The van der Waals surface area contributed by atoms with Crippen LogP contribution in [0.5, 0.6) is 0 Å². The fourth-order valence-corrected chi connectivity index (χ4v) is 0.879. The number of carbonyl (C=O) groups excluding carboxylic acids is 1. The molecule has 0 saturated heterocycles. The van der Waals surface area contributed by atoms with Gasteiger partial charge in [0.1, 0.15) is 0 Å². The van der Waals surface area contributed by atoms with Crippen molar-refractivity contribution in [1.29, 1.82) is 0 Å². The van der Waals surface area contributed by atoms with E-state index in [1.165, 1.54) is 0 Å². The predicted octanol–water partition coefficient (Wildman–Crippen LogP) is 0.808. The van der Waals surface area contributed by atoms with Crippen molar-refractivity contribution in [2.45, 2.75) is 33.2 Å². The van der Waals surface area contributed by atoms with E-state index in [1.807, 2.05) is 0 Å². The number of hydrogen-bond acceptors (Lipinski definition) is 2. The predicted molar refractivity (Wildman–Crippen MR) is 60.9 cm³/mol. The second-order valence-electron chi connectivity index (χ2n) is 4.33. The molecule has 1 atom stereocenters. The SMILES string of the molecule is C#CCC(C)NC(=O)NCC(C)(C)C(=O)O. The van der Waals surface area contributed by atoms with Gasteiger partial charge in [-0.05, 0) is 20.8 Å². The zero-order valence-electron chi connectivity index (χ0n) is 9.83. The van der Waals surface area contributed by atoms with E-state index in [4.69, 9.17) is 11.5 Å². The highest BCUT2D eigenvalue weighted by atomic mass is 16.4. The number of nitrogens with one attached hydrogen (secondary N) is 2. The molecule has 2 amide bonds. The molecule has 0 rings (SSSR count). The number of rotatable bonds is 5. The van der Waals surface area contributed by atoms with Crippen molar-refractivity contribution < 1.29 is 14.7 Å². The molecular formula is C11H18N2O3. The van der Waals surface area contributed by atoms with Crippen LogP contribution in [0, 0.1) is 17.8 Å². The molecule has 0 aromatic rings. The standard InChI is InChI=1S/C11H18N2O3/c1-5-6-8(2)13-10(16)12-7-11(3,4)9(14)15/h1,8H,6-7H2,2-4H3,(H,14,15)(H2,12,13,16). The average Bonchev–Trinajstić information content (AvgIpc) is 2.15. The molecule has 5 nitrogen and oxygen atoms in total. The maximum absolute atomic E-state index is 11.3. The van der Waals surface area contributed by atoms with E-state index in [0.29, 0.717) is 6.42 Å². The summed E-state index contributed by atoms with van der Waals surface area (Å²) in [6, 6.07) is -0.532. The Hall–Kier alpha value is -1.70. The zero-order valence-corrected chi connectivity index (χ0v) is 9.83. The minimum atomic E-state index is -0.979. The lowest BCUT2D eigenvalue weighted by Gasteiger charge is -2.20. The summed E-state index contributed by atoms with van der Waals surface area (Å²) in [7, 11) is 0. The second-order valence-corrected chi connectivity index (χ2v) is 4.33. The van der Waals surface area contributed by atoms with Crippen LogP contribution in [0.15, 0.2) is 0 Å². The summed E-state index contributed by atoms with van der Waals surface area (Å²) in [6.07, 6.45) is 5.53. The van der Waals surface area contributed by atoms with Gasteiger partial charge in [-0.3, -0.25) is 4.79 Å². The fraction of sp³-hybridized carbons (Fsp3) is 0.636. The molecule has 0 fully saturated rings. The molecule has 0 aromatic heterocycles. The van der Waals surface area contributed by atoms with Crippen molar-refractivity contribution in [1.82, 2.24) is 10.6 Å². The fourth-order valence-electron chi connectivity index (χ4n) is 0.879. The van der Waals surface area contributed by atoms with E-state index in [-0.39, 0.29) is 12.6 Å². The van der Waals surface area contributed by atoms with Crippen LogP contribution < -0.4 is 10.6 Å². The van der Waals surface area contributed by atoms with Gasteiger partial charge < -0.3 is 15.7 Å². The van der Waals surface area contributed by atoms with Crippen molar-refractivity contribution in [3.8, 4) is 12.3 Å². The molecule has 0 bridgehead atoms. The highest BCUT2D eigenvalue weighted by Gasteiger charge is 2.27. The van der Waals surface area contributed by atoms with Crippen LogP contribution in [-0.2, 0) is 4.79 Å². The maximum Gasteiger partial charge on any atom is 0.315 e. The number of amides is 2. The van der Waals surface area contributed by atoms with Crippen LogP contribution in [0.1, 0.15) is 27.2 Å². The van der Waals surface area contributed by atoms with Crippen LogP contribution in [0.25, 0.3) is 0 Å². The average molecular weight is 226 g/mol. The number of hydrogen-bond donors (Lipinski definition) is 3. The van der Waals surface area contributed by atoms with Gasteiger partial charge >= 0.3 is 12.0 Å². The minimum Gasteiger partial charge on any atom is -0.481 e. The Morgan fingerprint density at radius 3 is 2.50 bits per heavy atom. The molecule has 1 unspecified atom stereocenters. The van der Waals surface area contributed by atoms with Crippen molar-refractivity contribution in [2.24, 2.45) is 5.41 Å². The van der Waals surface area contributed by atoms with Crippen molar-refractivity contribution in [3.05, 3.63) is 0 Å². The largest absolute Gasteiger partial charge is 0.481 e. The van der Waals surface area contributed by atoms with Crippen LogP contribution in [0.4, 0.5) is 4.79 Å². The third-order valence-electron chi connectivity index (χ3n) is 2.07. The van der Waals surface area contributed by atoms with Crippen molar-refractivity contribution in [2.75, 3.05) is 6.54 Å². The van der Waals surface area contributed by atoms with Crippen LogP contribution in [0.2, 0.25) is 0 Å². The van der Waals surface area contributed by atoms with Crippen LogP contribution in [0.3, 0.4) is 0 Å². The first-order valence-electron chi connectivity index (χ1n) is 5.01. The molecular weight excluding hydrogens is 208 g/mol. The molecule has 0 aromatic carbocycles. The molecule has 16 heavy (non-hydrogen) atoms. The van der Waals surface area contributed by atoms with Gasteiger partial charge in [0.2, 0.25) is 0 Å². The minimum absolute atomic E-state index is 0.0664.